The van der Waals surface area contributed by atoms with E-state index in [1.165, 1.54) is 24.5 Å². The van der Waals surface area contributed by atoms with Gasteiger partial charge in [0.2, 0.25) is 0 Å². The van der Waals surface area contributed by atoms with E-state index in [-0.39, 0.29) is 35.7 Å². The Morgan fingerprint density at radius 1 is 1.33 bits per heavy atom. The van der Waals surface area contributed by atoms with Gasteiger partial charge in [0.1, 0.15) is 5.82 Å². The van der Waals surface area contributed by atoms with Crippen LogP contribution >= 0.6 is 15.9 Å². The number of nitrogens with one attached hydrogen (secondary N) is 2. The van der Waals surface area contributed by atoms with E-state index in [9.17, 15) is 9.18 Å². The van der Waals surface area contributed by atoms with E-state index >= 15 is 4.39 Å². The lowest BCUT2D eigenvalue weighted by Gasteiger charge is -2.14. The summed E-state index contributed by atoms with van der Waals surface area (Å²) in [6.07, 6.45) is 1.36. The van der Waals surface area contributed by atoms with E-state index in [2.05, 4.69) is 26.7 Å². The summed E-state index contributed by atoms with van der Waals surface area (Å²) in [7, 11) is 0. The number of rotatable bonds is 6. The van der Waals surface area contributed by atoms with Gasteiger partial charge in [0.25, 0.3) is 5.91 Å². The summed E-state index contributed by atoms with van der Waals surface area (Å²) in [5, 5.41) is 11.8. The molecule has 0 radical (unpaired) electrons. The molecule has 1 heterocycles. The predicted octanol–water partition coefficient (Wildman–Crippen LogP) is 4.18. The number of aliphatic hydroxyl groups is 1. The van der Waals surface area contributed by atoms with Gasteiger partial charge in [-0.05, 0) is 36.8 Å². The van der Waals surface area contributed by atoms with Gasteiger partial charge in [-0.3, -0.25) is 9.63 Å². The second-order valence-corrected chi connectivity index (χ2v) is 6.58. The Hall–Kier alpha value is -2.49. The van der Waals surface area contributed by atoms with Crippen LogP contribution in [0, 0.1) is 18.6 Å². The van der Waals surface area contributed by atoms with Crippen LogP contribution in [0.5, 0.6) is 0 Å². The van der Waals surface area contributed by atoms with Crippen molar-refractivity contribution < 1.29 is 27.9 Å². The predicted molar refractivity (Wildman–Crippen MR) is 98.8 cm³/mol. The number of carbonyl (C=O) groups excluding carboxylic acids is 1. The Bertz CT molecular complexity index is 1010. The molecule has 9 heteroatoms. The fourth-order valence-electron chi connectivity index (χ4n) is 2.49. The smallest absolute Gasteiger partial charge is 0.277 e. The Balaban J connectivity index is 2.09. The van der Waals surface area contributed by atoms with E-state index < -0.39 is 17.5 Å². The fraction of sp³-hybridized carbons (Fsp3) is 0.167. The third-order valence-corrected chi connectivity index (χ3v) is 4.29. The highest BCUT2D eigenvalue weighted by Gasteiger charge is 2.23. The topological polar surface area (TPSA) is 83.7 Å². The number of halogens is 3. The highest BCUT2D eigenvalue weighted by atomic mass is 79.9. The van der Waals surface area contributed by atoms with Gasteiger partial charge in [0.15, 0.2) is 11.4 Å². The molecule has 3 N–H and O–H groups in total. The number of carbonyl (C=O) groups is 1. The van der Waals surface area contributed by atoms with Crippen molar-refractivity contribution in [2.75, 3.05) is 18.5 Å². The van der Waals surface area contributed by atoms with Crippen molar-refractivity contribution in [2.45, 2.75) is 6.92 Å². The molecular weight excluding hydrogens is 426 g/mol. The minimum Gasteiger partial charge on any atom is -0.461 e. The molecule has 142 valence electrons. The molecule has 6 nitrogen and oxygen atoms in total. The van der Waals surface area contributed by atoms with Crippen molar-refractivity contribution in [2.24, 2.45) is 0 Å². The van der Waals surface area contributed by atoms with Crippen LogP contribution in [0.4, 0.5) is 20.2 Å². The largest absolute Gasteiger partial charge is 0.461 e. The molecule has 0 saturated heterocycles. The van der Waals surface area contributed by atoms with Gasteiger partial charge in [-0.2, -0.15) is 0 Å². The van der Waals surface area contributed by atoms with Crippen LogP contribution in [-0.2, 0) is 4.84 Å². The molecule has 0 aliphatic rings. The molecule has 1 aromatic heterocycles. The monoisotopic (exact) mass is 440 g/mol. The van der Waals surface area contributed by atoms with Crippen LogP contribution in [0.15, 0.2) is 39.4 Å². The Morgan fingerprint density at radius 3 is 2.81 bits per heavy atom. The lowest BCUT2D eigenvalue weighted by Crippen LogP contribution is -2.26. The molecule has 0 aliphatic carbocycles. The molecular formula is C18H15BrF2N2O4. The van der Waals surface area contributed by atoms with E-state index in [1.807, 2.05) is 0 Å². The lowest BCUT2D eigenvalue weighted by molar-refractivity contribution is 0.0169. The molecule has 0 spiro atoms. The van der Waals surface area contributed by atoms with Crippen molar-refractivity contribution >= 4 is 44.2 Å². The van der Waals surface area contributed by atoms with Crippen molar-refractivity contribution in [3.63, 3.8) is 0 Å². The molecule has 0 aliphatic heterocycles. The summed E-state index contributed by atoms with van der Waals surface area (Å²) >= 11 is 3.15. The number of fused-ring (bicyclic) bond motifs is 1. The summed E-state index contributed by atoms with van der Waals surface area (Å²) in [6.45, 7) is 1.27. The fourth-order valence-corrected chi connectivity index (χ4v) is 2.83. The number of hydroxylamine groups is 1. The van der Waals surface area contributed by atoms with Crippen molar-refractivity contribution in [3.05, 3.63) is 57.8 Å². The van der Waals surface area contributed by atoms with E-state index in [0.29, 0.717) is 15.4 Å². The quantitative estimate of drug-likeness (QED) is 0.395. The van der Waals surface area contributed by atoms with Gasteiger partial charge in [-0.1, -0.05) is 15.9 Å². The minimum atomic E-state index is -0.838. The van der Waals surface area contributed by atoms with Gasteiger partial charge in [-0.15, -0.1) is 0 Å². The average Bonchev–Trinajstić information content (AvgIpc) is 3.00. The van der Waals surface area contributed by atoms with Crippen molar-refractivity contribution in [1.82, 2.24) is 5.48 Å². The molecule has 3 rings (SSSR count). The highest BCUT2D eigenvalue weighted by Crippen LogP contribution is 2.34. The summed E-state index contributed by atoms with van der Waals surface area (Å²) in [4.78, 5) is 17.2. The van der Waals surface area contributed by atoms with Gasteiger partial charge >= 0.3 is 0 Å². The lowest BCUT2D eigenvalue weighted by atomic mass is 10.1. The molecule has 3 aromatic rings. The van der Waals surface area contributed by atoms with Crippen LogP contribution in [0.2, 0.25) is 0 Å². The molecule has 27 heavy (non-hydrogen) atoms. The third-order valence-electron chi connectivity index (χ3n) is 3.79. The summed E-state index contributed by atoms with van der Waals surface area (Å²) < 4.78 is 35.0. The first kappa shape index (κ1) is 19.3. The minimum absolute atomic E-state index is 0.0231. The number of hydrogen-bond donors (Lipinski definition) is 3. The number of amides is 1. The molecule has 0 saturated carbocycles. The van der Waals surface area contributed by atoms with Crippen molar-refractivity contribution in [3.8, 4) is 0 Å². The van der Waals surface area contributed by atoms with Crippen LogP contribution in [0.1, 0.15) is 15.9 Å². The summed E-state index contributed by atoms with van der Waals surface area (Å²) in [5.41, 5.74) is 2.30. The SMILES string of the molecule is Cc1coc2c(F)c(Nc3ccc(Br)cc3F)c(C(=O)NOCCO)cc12. The van der Waals surface area contributed by atoms with Gasteiger partial charge in [-0.25, -0.2) is 14.3 Å². The Labute approximate surface area is 161 Å². The average molecular weight is 441 g/mol. The Morgan fingerprint density at radius 2 is 2.11 bits per heavy atom. The van der Waals surface area contributed by atoms with Gasteiger partial charge in [0, 0.05) is 9.86 Å². The molecule has 0 bridgehead atoms. The second-order valence-electron chi connectivity index (χ2n) is 5.66. The number of furan rings is 1. The maximum atomic E-state index is 15.0. The zero-order chi connectivity index (χ0) is 19.6. The number of hydrogen-bond acceptors (Lipinski definition) is 5. The number of benzene rings is 2. The molecule has 1 amide bonds. The van der Waals surface area contributed by atoms with Crippen LogP contribution in [0.3, 0.4) is 0 Å². The first-order chi connectivity index (χ1) is 12.9. The number of anilines is 2. The van der Waals surface area contributed by atoms with E-state index in [4.69, 9.17) is 14.4 Å². The zero-order valence-corrected chi connectivity index (χ0v) is 15.7. The molecule has 0 unspecified atom stereocenters. The standard InChI is InChI=1S/C18H15BrF2N2O4/c1-9-8-26-17-11(9)7-12(18(25)23-27-5-4-24)16(15(17)21)22-14-3-2-10(19)6-13(14)20/h2-3,6-8,22,24H,4-5H2,1H3,(H,23,25). The molecule has 2 aromatic carbocycles. The van der Waals surface area contributed by atoms with Crippen molar-refractivity contribution in [1.29, 1.82) is 0 Å². The third kappa shape index (κ3) is 3.95. The normalized spacial score (nSPS) is 11.0. The Kier molecular flexibility index (Phi) is 5.73. The van der Waals surface area contributed by atoms with E-state index in [1.54, 1.807) is 13.0 Å². The first-order valence-corrected chi connectivity index (χ1v) is 8.67. The second kappa shape index (κ2) is 8.03. The van der Waals surface area contributed by atoms with Gasteiger partial charge < -0.3 is 14.8 Å². The highest BCUT2D eigenvalue weighted by molar-refractivity contribution is 9.10. The van der Waals surface area contributed by atoms with E-state index in [0.717, 1.165) is 0 Å². The molecule has 0 atom stereocenters. The summed E-state index contributed by atoms with van der Waals surface area (Å²) in [6, 6.07) is 5.61. The van der Waals surface area contributed by atoms with Crippen LogP contribution in [-0.4, -0.2) is 24.2 Å². The maximum absolute atomic E-state index is 15.0. The number of aryl methyl sites for hydroxylation is 1. The number of aliphatic hydroxyl groups excluding tert-OH is 1. The maximum Gasteiger partial charge on any atom is 0.277 e. The summed E-state index contributed by atoms with van der Waals surface area (Å²) in [5.74, 6) is -2.23. The van der Waals surface area contributed by atoms with Gasteiger partial charge in [0.05, 0.1) is 36.4 Å². The molecule has 0 fully saturated rings. The van der Waals surface area contributed by atoms with Crippen LogP contribution in [0.25, 0.3) is 11.0 Å². The zero-order valence-electron chi connectivity index (χ0n) is 14.1. The van der Waals surface area contributed by atoms with Crippen LogP contribution < -0.4 is 10.8 Å². The first-order valence-electron chi connectivity index (χ1n) is 7.87.